The van der Waals surface area contributed by atoms with Gasteiger partial charge in [-0.3, -0.25) is 9.59 Å². The van der Waals surface area contributed by atoms with Gasteiger partial charge in [-0.1, -0.05) is 0 Å². The van der Waals surface area contributed by atoms with Crippen molar-refractivity contribution in [3.05, 3.63) is 0 Å². The van der Waals surface area contributed by atoms with Crippen LogP contribution in [0.2, 0.25) is 0 Å². The number of ketones is 1. The van der Waals surface area contributed by atoms with Crippen molar-refractivity contribution in [3.63, 3.8) is 0 Å². The lowest BCUT2D eigenvalue weighted by molar-refractivity contribution is -0.227. The van der Waals surface area contributed by atoms with Gasteiger partial charge in [-0.05, 0) is 26.7 Å². The zero-order chi connectivity index (χ0) is 12.6. The smallest absolute Gasteiger partial charge is 0.404 e. The molecule has 0 aromatic rings. The molecule has 1 saturated carbocycles. The Morgan fingerprint density at radius 3 is 2.31 bits per heavy atom. The largest absolute Gasteiger partial charge is 0.454 e. The summed E-state index contributed by atoms with van der Waals surface area (Å²) in [6.07, 6.45) is -4.52. The van der Waals surface area contributed by atoms with Gasteiger partial charge in [-0.2, -0.15) is 13.2 Å². The van der Waals surface area contributed by atoms with E-state index in [0.29, 0.717) is 12.8 Å². The molecule has 6 heteroatoms. The predicted octanol–water partition coefficient (Wildman–Crippen LogP) is 2.24. The average Bonchev–Trinajstić information content (AvgIpc) is 2.49. The normalized spacial score (nSPS) is 22.3. The molecular formula is C10H13F3O3. The molecule has 0 aliphatic heterocycles. The van der Waals surface area contributed by atoms with E-state index in [9.17, 15) is 22.8 Å². The molecule has 16 heavy (non-hydrogen) atoms. The van der Waals surface area contributed by atoms with Crippen LogP contribution in [-0.4, -0.2) is 24.0 Å². The number of hydrogen-bond acceptors (Lipinski definition) is 3. The number of Topliss-reactive ketones (excluding diaryl/α,β-unsaturated/α-hetero) is 1. The van der Waals surface area contributed by atoms with E-state index in [-0.39, 0.29) is 12.2 Å². The van der Waals surface area contributed by atoms with E-state index >= 15 is 0 Å². The summed E-state index contributed by atoms with van der Waals surface area (Å²) in [6, 6.07) is 0. The van der Waals surface area contributed by atoms with E-state index in [1.165, 1.54) is 0 Å². The Kier molecular flexibility index (Phi) is 3.30. The van der Waals surface area contributed by atoms with Crippen LogP contribution in [0.4, 0.5) is 13.2 Å². The molecule has 0 saturated heterocycles. The fourth-order valence-electron chi connectivity index (χ4n) is 1.30. The highest BCUT2D eigenvalue weighted by atomic mass is 19.4. The fraction of sp³-hybridized carbons (Fsp3) is 0.800. The number of ether oxygens (including phenoxy) is 1. The predicted molar refractivity (Wildman–Crippen MR) is 48.6 cm³/mol. The van der Waals surface area contributed by atoms with Gasteiger partial charge >= 0.3 is 12.1 Å². The van der Waals surface area contributed by atoms with Gasteiger partial charge in [-0.25, -0.2) is 0 Å². The summed E-state index contributed by atoms with van der Waals surface area (Å²) in [7, 11) is 0. The van der Waals surface area contributed by atoms with Gasteiger partial charge in [0.1, 0.15) is 0 Å². The SMILES string of the molecule is CC(C)(C(=O)OC1CCCC1=O)C(F)(F)F. The van der Waals surface area contributed by atoms with E-state index in [4.69, 9.17) is 0 Å². The lowest BCUT2D eigenvalue weighted by Gasteiger charge is -2.26. The van der Waals surface area contributed by atoms with Crippen molar-refractivity contribution in [2.45, 2.75) is 45.4 Å². The lowest BCUT2D eigenvalue weighted by atomic mass is 9.93. The van der Waals surface area contributed by atoms with Crippen LogP contribution in [-0.2, 0) is 14.3 Å². The maximum Gasteiger partial charge on any atom is 0.404 e. The molecule has 0 radical (unpaired) electrons. The number of carbonyl (C=O) groups excluding carboxylic acids is 2. The molecule has 0 aromatic carbocycles. The summed E-state index contributed by atoms with van der Waals surface area (Å²) in [5.41, 5.74) is -2.57. The molecule has 1 rings (SSSR count). The topological polar surface area (TPSA) is 43.4 Å². The van der Waals surface area contributed by atoms with Gasteiger partial charge in [-0.15, -0.1) is 0 Å². The molecule has 1 fully saturated rings. The Hall–Kier alpha value is -1.07. The van der Waals surface area contributed by atoms with Crippen molar-refractivity contribution in [2.75, 3.05) is 0 Å². The number of rotatable bonds is 2. The third kappa shape index (κ3) is 2.36. The standard InChI is InChI=1S/C10H13F3O3/c1-9(2,10(11,12)13)8(15)16-7-5-3-4-6(7)14/h7H,3-5H2,1-2H3. The first-order valence-corrected chi connectivity index (χ1v) is 4.97. The second-order valence-electron chi connectivity index (χ2n) is 4.38. The molecule has 0 heterocycles. The van der Waals surface area contributed by atoms with E-state index in [0.717, 1.165) is 13.8 Å². The van der Waals surface area contributed by atoms with Crippen LogP contribution >= 0.6 is 0 Å². The summed E-state index contributed by atoms with van der Waals surface area (Å²) in [5.74, 6) is -1.69. The number of hydrogen-bond donors (Lipinski definition) is 0. The summed E-state index contributed by atoms with van der Waals surface area (Å²) in [4.78, 5) is 22.4. The van der Waals surface area contributed by atoms with Crippen molar-refractivity contribution in [1.82, 2.24) is 0 Å². The first-order chi connectivity index (χ1) is 7.16. The number of halogens is 3. The zero-order valence-electron chi connectivity index (χ0n) is 9.06. The fourth-order valence-corrected chi connectivity index (χ4v) is 1.30. The third-order valence-corrected chi connectivity index (χ3v) is 2.72. The van der Waals surface area contributed by atoms with E-state index in [2.05, 4.69) is 4.74 Å². The molecular weight excluding hydrogens is 225 g/mol. The highest BCUT2D eigenvalue weighted by Gasteiger charge is 2.55. The second-order valence-corrected chi connectivity index (χ2v) is 4.38. The maximum atomic E-state index is 12.5. The van der Waals surface area contributed by atoms with Crippen LogP contribution in [0.5, 0.6) is 0 Å². The van der Waals surface area contributed by atoms with Gasteiger partial charge in [0.15, 0.2) is 17.3 Å². The zero-order valence-corrected chi connectivity index (χ0v) is 9.06. The molecule has 0 N–H and O–H groups in total. The minimum atomic E-state index is -4.67. The molecule has 1 unspecified atom stereocenters. The molecule has 1 atom stereocenters. The number of esters is 1. The van der Waals surface area contributed by atoms with Crippen LogP contribution in [0, 0.1) is 5.41 Å². The lowest BCUT2D eigenvalue weighted by Crippen LogP contribution is -2.42. The van der Waals surface area contributed by atoms with Crippen molar-refractivity contribution < 1.29 is 27.5 Å². The van der Waals surface area contributed by atoms with Crippen LogP contribution in [0.3, 0.4) is 0 Å². The number of alkyl halides is 3. The Labute approximate surface area is 91.0 Å². The molecule has 3 nitrogen and oxygen atoms in total. The molecule has 0 spiro atoms. The molecule has 1 aliphatic carbocycles. The Bertz CT molecular complexity index is 307. The summed E-state index contributed by atoms with van der Waals surface area (Å²) < 4.78 is 42.0. The molecule has 0 amide bonds. The van der Waals surface area contributed by atoms with Crippen molar-refractivity contribution in [3.8, 4) is 0 Å². The monoisotopic (exact) mass is 238 g/mol. The quantitative estimate of drug-likeness (QED) is 0.693. The van der Waals surface area contributed by atoms with Crippen LogP contribution in [0.15, 0.2) is 0 Å². The first kappa shape index (κ1) is 13.0. The first-order valence-electron chi connectivity index (χ1n) is 4.97. The molecule has 1 aliphatic rings. The van der Waals surface area contributed by atoms with Crippen LogP contribution < -0.4 is 0 Å². The molecule has 0 bridgehead atoms. The van der Waals surface area contributed by atoms with E-state index in [1.54, 1.807) is 0 Å². The van der Waals surface area contributed by atoms with Gasteiger partial charge in [0.2, 0.25) is 0 Å². The molecule has 92 valence electrons. The summed E-state index contributed by atoms with van der Waals surface area (Å²) in [5, 5.41) is 0. The average molecular weight is 238 g/mol. The summed E-state index contributed by atoms with van der Waals surface area (Å²) in [6.45, 7) is 1.49. The highest BCUT2D eigenvalue weighted by molar-refractivity contribution is 5.88. The highest BCUT2D eigenvalue weighted by Crippen LogP contribution is 2.39. The van der Waals surface area contributed by atoms with Gasteiger partial charge in [0.05, 0.1) is 0 Å². The van der Waals surface area contributed by atoms with Crippen molar-refractivity contribution in [1.29, 1.82) is 0 Å². The maximum absolute atomic E-state index is 12.5. The molecule has 0 aromatic heterocycles. The van der Waals surface area contributed by atoms with Gasteiger partial charge in [0.25, 0.3) is 0 Å². The minimum absolute atomic E-state index is 0.268. The van der Waals surface area contributed by atoms with E-state index in [1.807, 2.05) is 0 Å². The van der Waals surface area contributed by atoms with Gasteiger partial charge in [0, 0.05) is 6.42 Å². The van der Waals surface area contributed by atoms with Crippen LogP contribution in [0.1, 0.15) is 33.1 Å². The van der Waals surface area contributed by atoms with Gasteiger partial charge < -0.3 is 4.74 Å². The van der Waals surface area contributed by atoms with Crippen LogP contribution in [0.25, 0.3) is 0 Å². The number of carbonyl (C=O) groups is 2. The minimum Gasteiger partial charge on any atom is -0.454 e. The summed E-state index contributed by atoms with van der Waals surface area (Å²) >= 11 is 0. The van der Waals surface area contributed by atoms with E-state index < -0.39 is 23.7 Å². The second kappa shape index (κ2) is 4.07. The Balaban J connectivity index is 2.68. The third-order valence-electron chi connectivity index (χ3n) is 2.72. The van der Waals surface area contributed by atoms with Crippen molar-refractivity contribution >= 4 is 11.8 Å². The Morgan fingerprint density at radius 2 is 1.94 bits per heavy atom. The van der Waals surface area contributed by atoms with Crippen molar-refractivity contribution in [2.24, 2.45) is 5.41 Å². The Morgan fingerprint density at radius 1 is 1.38 bits per heavy atom.